The quantitative estimate of drug-likeness (QED) is 0.377. The lowest BCUT2D eigenvalue weighted by Crippen LogP contribution is -2.18. The van der Waals surface area contributed by atoms with E-state index in [0.717, 1.165) is 33.4 Å². The van der Waals surface area contributed by atoms with Crippen LogP contribution in [0.3, 0.4) is 0 Å². The van der Waals surface area contributed by atoms with E-state index in [1.165, 1.54) is 6.08 Å². The fraction of sp³-hybridized carbons (Fsp3) is 0.423. The first-order valence-electron chi connectivity index (χ1n) is 10.1. The molecule has 0 heterocycles. The van der Waals surface area contributed by atoms with Crippen molar-refractivity contribution in [2.75, 3.05) is 0 Å². The zero-order valence-electron chi connectivity index (χ0n) is 19.1. The number of carbonyl (C=O) groups is 1. The molecule has 0 saturated heterocycles. The Morgan fingerprint density at radius 2 is 1.66 bits per heavy atom. The molecule has 0 unspecified atom stereocenters. The summed E-state index contributed by atoms with van der Waals surface area (Å²) in [5.74, 6) is 0.397. The summed E-state index contributed by atoms with van der Waals surface area (Å²) in [4.78, 5) is 12.1. The fourth-order valence-corrected chi connectivity index (χ4v) is 3.82. The molecule has 0 aliphatic carbocycles. The number of aromatic hydroxyl groups is 1. The van der Waals surface area contributed by atoms with Crippen molar-refractivity contribution >= 4 is 5.97 Å². The van der Waals surface area contributed by atoms with Gasteiger partial charge in [0.1, 0.15) is 11.5 Å². The molecular weight excluding hydrogens is 360 g/mol. The first-order chi connectivity index (χ1) is 13.3. The van der Waals surface area contributed by atoms with E-state index in [1.807, 2.05) is 32.0 Å². The standard InChI is InChI=1S/C26H34O3/c1-10-21(27)29-24-18(12-11-17(3)22(24)26(7,8)9)15-19-13-16(2)14-20(23(19)28)25(4,5)6/h10-14,28H,1,15H2,2-9H3. The summed E-state index contributed by atoms with van der Waals surface area (Å²) in [5, 5.41) is 11.0. The van der Waals surface area contributed by atoms with Gasteiger partial charge in [-0.1, -0.05) is 78.0 Å². The summed E-state index contributed by atoms with van der Waals surface area (Å²) in [6.45, 7) is 20.2. The van der Waals surface area contributed by atoms with Crippen LogP contribution in [0.25, 0.3) is 0 Å². The van der Waals surface area contributed by atoms with Crippen molar-refractivity contribution in [2.24, 2.45) is 0 Å². The molecule has 0 radical (unpaired) electrons. The predicted octanol–water partition coefficient (Wildman–Crippen LogP) is 6.29. The molecule has 1 N–H and O–H groups in total. The Morgan fingerprint density at radius 3 is 2.17 bits per heavy atom. The Labute approximate surface area is 175 Å². The van der Waals surface area contributed by atoms with Crippen LogP contribution in [0.15, 0.2) is 36.9 Å². The van der Waals surface area contributed by atoms with Crippen molar-refractivity contribution in [3.05, 3.63) is 70.3 Å². The first kappa shape index (κ1) is 22.7. The average Bonchev–Trinajstić information content (AvgIpc) is 2.57. The van der Waals surface area contributed by atoms with Crippen molar-refractivity contribution in [1.82, 2.24) is 0 Å². The first-order valence-corrected chi connectivity index (χ1v) is 10.1. The summed E-state index contributed by atoms with van der Waals surface area (Å²) < 4.78 is 5.73. The lowest BCUT2D eigenvalue weighted by molar-refractivity contribution is -0.129. The number of carbonyl (C=O) groups excluding carboxylic acids is 1. The number of hydrogen-bond acceptors (Lipinski definition) is 3. The van der Waals surface area contributed by atoms with Crippen LogP contribution in [0.1, 0.15) is 74.9 Å². The lowest BCUT2D eigenvalue weighted by atomic mass is 9.80. The second-order valence-electron chi connectivity index (χ2n) is 9.87. The molecule has 0 saturated carbocycles. The molecule has 2 aromatic carbocycles. The Balaban J connectivity index is 2.69. The van der Waals surface area contributed by atoms with Crippen LogP contribution in [0, 0.1) is 13.8 Å². The van der Waals surface area contributed by atoms with E-state index in [9.17, 15) is 9.90 Å². The predicted molar refractivity (Wildman–Crippen MR) is 120 cm³/mol. The Kier molecular flexibility index (Phi) is 6.32. The third-order valence-electron chi connectivity index (χ3n) is 5.09. The van der Waals surface area contributed by atoms with E-state index in [0.29, 0.717) is 17.9 Å². The van der Waals surface area contributed by atoms with Crippen molar-refractivity contribution in [3.8, 4) is 11.5 Å². The van der Waals surface area contributed by atoms with Gasteiger partial charge >= 0.3 is 5.97 Å². The maximum atomic E-state index is 12.1. The van der Waals surface area contributed by atoms with Gasteiger partial charge in [-0.3, -0.25) is 0 Å². The molecular formula is C26H34O3. The fourth-order valence-electron chi connectivity index (χ4n) is 3.82. The zero-order chi connectivity index (χ0) is 22.1. The van der Waals surface area contributed by atoms with Crippen molar-refractivity contribution in [1.29, 1.82) is 0 Å². The number of benzene rings is 2. The highest BCUT2D eigenvalue weighted by Gasteiger charge is 2.26. The molecule has 29 heavy (non-hydrogen) atoms. The maximum absolute atomic E-state index is 12.1. The topological polar surface area (TPSA) is 46.5 Å². The SMILES string of the molecule is C=CC(=O)Oc1c(Cc2cc(C)cc(C(C)(C)C)c2O)ccc(C)c1C(C)(C)C. The maximum Gasteiger partial charge on any atom is 0.335 e. The van der Waals surface area contributed by atoms with Crippen LogP contribution in [-0.2, 0) is 22.0 Å². The Bertz CT molecular complexity index is 938. The van der Waals surface area contributed by atoms with E-state index in [-0.39, 0.29) is 10.8 Å². The van der Waals surface area contributed by atoms with Crippen LogP contribution in [0.2, 0.25) is 0 Å². The second-order valence-corrected chi connectivity index (χ2v) is 9.87. The van der Waals surface area contributed by atoms with Crippen molar-refractivity contribution in [2.45, 2.75) is 72.6 Å². The smallest absolute Gasteiger partial charge is 0.335 e. The van der Waals surface area contributed by atoms with Gasteiger partial charge in [0.05, 0.1) is 0 Å². The van der Waals surface area contributed by atoms with E-state index >= 15 is 0 Å². The van der Waals surface area contributed by atoms with Crippen LogP contribution >= 0.6 is 0 Å². The molecule has 0 spiro atoms. The van der Waals surface area contributed by atoms with Crippen LogP contribution in [0.5, 0.6) is 11.5 Å². The van der Waals surface area contributed by atoms with Crippen molar-refractivity contribution in [3.63, 3.8) is 0 Å². The molecule has 0 atom stereocenters. The third-order valence-corrected chi connectivity index (χ3v) is 5.09. The number of phenolic OH excluding ortho intramolecular Hbond substituents is 1. The highest BCUT2D eigenvalue weighted by atomic mass is 16.5. The van der Waals surface area contributed by atoms with Crippen LogP contribution in [0.4, 0.5) is 0 Å². The van der Waals surface area contributed by atoms with E-state index < -0.39 is 5.97 Å². The van der Waals surface area contributed by atoms with Gasteiger partial charge in [-0.25, -0.2) is 4.79 Å². The number of ether oxygens (including phenoxy) is 1. The van der Waals surface area contributed by atoms with Gasteiger partial charge in [0, 0.05) is 18.1 Å². The molecule has 0 fully saturated rings. The molecule has 0 amide bonds. The van der Waals surface area contributed by atoms with Crippen LogP contribution < -0.4 is 4.74 Å². The Hall–Kier alpha value is -2.55. The number of phenols is 1. The van der Waals surface area contributed by atoms with Crippen LogP contribution in [-0.4, -0.2) is 11.1 Å². The number of rotatable bonds is 4. The lowest BCUT2D eigenvalue weighted by Gasteiger charge is -2.27. The highest BCUT2D eigenvalue weighted by molar-refractivity contribution is 5.84. The van der Waals surface area contributed by atoms with Crippen molar-refractivity contribution < 1.29 is 14.6 Å². The summed E-state index contributed by atoms with van der Waals surface area (Å²) in [6, 6.07) is 8.07. The molecule has 3 heteroatoms. The summed E-state index contributed by atoms with van der Waals surface area (Å²) in [6.07, 6.45) is 1.65. The molecule has 2 aromatic rings. The molecule has 3 nitrogen and oxygen atoms in total. The van der Waals surface area contributed by atoms with E-state index in [4.69, 9.17) is 4.74 Å². The van der Waals surface area contributed by atoms with E-state index in [2.05, 4.69) is 54.2 Å². The number of aryl methyl sites for hydroxylation is 2. The highest BCUT2D eigenvalue weighted by Crippen LogP contribution is 2.40. The monoisotopic (exact) mass is 394 g/mol. The van der Waals surface area contributed by atoms with Gasteiger partial charge < -0.3 is 9.84 Å². The summed E-state index contributed by atoms with van der Waals surface area (Å²) >= 11 is 0. The van der Waals surface area contributed by atoms with Gasteiger partial charge in [-0.15, -0.1) is 0 Å². The normalized spacial score (nSPS) is 12.0. The molecule has 156 valence electrons. The third kappa shape index (κ3) is 5.09. The van der Waals surface area contributed by atoms with Gasteiger partial charge in [-0.2, -0.15) is 0 Å². The van der Waals surface area contributed by atoms with E-state index in [1.54, 1.807) is 0 Å². The van der Waals surface area contributed by atoms with Gasteiger partial charge in [0.2, 0.25) is 0 Å². The number of esters is 1. The van der Waals surface area contributed by atoms with Gasteiger partial charge in [0.25, 0.3) is 0 Å². The molecule has 0 aliphatic rings. The van der Waals surface area contributed by atoms with Gasteiger partial charge in [0.15, 0.2) is 0 Å². The molecule has 0 bridgehead atoms. The van der Waals surface area contributed by atoms with Gasteiger partial charge in [-0.05, 0) is 46.9 Å². The largest absolute Gasteiger partial charge is 0.507 e. The zero-order valence-corrected chi connectivity index (χ0v) is 19.1. The minimum atomic E-state index is -0.480. The number of hydrogen-bond donors (Lipinski definition) is 1. The minimum Gasteiger partial charge on any atom is -0.507 e. The molecule has 0 aliphatic heterocycles. The second kappa shape index (κ2) is 8.06. The molecule has 2 rings (SSSR count). The summed E-state index contributed by atoms with van der Waals surface area (Å²) in [5.41, 5.74) is 5.39. The molecule has 0 aromatic heterocycles. The Morgan fingerprint density at radius 1 is 1.03 bits per heavy atom. The summed E-state index contributed by atoms with van der Waals surface area (Å²) in [7, 11) is 0. The average molecular weight is 395 g/mol. The minimum absolute atomic E-state index is 0.174.